The lowest BCUT2D eigenvalue weighted by atomic mass is 9.55. The van der Waals surface area contributed by atoms with Crippen molar-refractivity contribution < 1.29 is 14.6 Å². The van der Waals surface area contributed by atoms with Gasteiger partial charge in [-0.25, -0.2) is 4.79 Å². The molecule has 2 fully saturated rings. The molecule has 0 amide bonds. The van der Waals surface area contributed by atoms with Crippen molar-refractivity contribution in [1.29, 1.82) is 0 Å². The number of aliphatic hydroxyl groups is 1. The average molecular weight is 376 g/mol. The van der Waals surface area contributed by atoms with Crippen molar-refractivity contribution in [2.75, 3.05) is 0 Å². The van der Waals surface area contributed by atoms with E-state index >= 15 is 0 Å². The molecule has 0 saturated heterocycles. The number of carbonyl (C=O) groups excluding carboxylic acids is 1. The molecule has 3 nitrogen and oxygen atoms in total. The summed E-state index contributed by atoms with van der Waals surface area (Å²) < 4.78 is 5.63. The number of aliphatic hydroxyl groups excluding tert-OH is 1. The molecule has 0 radical (unpaired) electrons. The highest BCUT2D eigenvalue weighted by Gasteiger charge is 2.54. The minimum Gasteiger partial charge on any atom is -0.423 e. The van der Waals surface area contributed by atoms with Crippen LogP contribution in [0.15, 0.2) is 48.5 Å². The summed E-state index contributed by atoms with van der Waals surface area (Å²) in [7, 11) is 0. The Morgan fingerprint density at radius 3 is 2.71 bits per heavy atom. The predicted octanol–water partition coefficient (Wildman–Crippen LogP) is 5.12. The Balaban J connectivity index is 1.37. The second-order valence-corrected chi connectivity index (χ2v) is 9.17. The van der Waals surface area contributed by atoms with Crippen LogP contribution in [0.2, 0.25) is 0 Å². The number of rotatable bonds is 2. The van der Waals surface area contributed by atoms with Gasteiger partial charge < -0.3 is 9.84 Å². The molecule has 2 aromatic carbocycles. The third-order valence-corrected chi connectivity index (χ3v) is 7.87. The van der Waals surface area contributed by atoms with Crippen molar-refractivity contribution in [3.8, 4) is 5.75 Å². The first kappa shape index (κ1) is 17.9. The summed E-state index contributed by atoms with van der Waals surface area (Å²) in [6, 6.07) is 15.4. The maximum atomic E-state index is 12.4. The molecule has 0 aliphatic heterocycles. The Labute approximate surface area is 166 Å². The molecule has 0 bridgehead atoms. The molecule has 3 aliphatic carbocycles. The van der Waals surface area contributed by atoms with Crippen molar-refractivity contribution in [3.63, 3.8) is 0 Å². The summed E-state index contributed by atoms with van der Waals surface area (Å²) in [5.41, 5.74) is 3.47. The van der Waals surface area contributed by atoms with E-state index < -0.39 is 0 Å². The van der Waals surface area contributed by atoms with E-state index in [4.69, 9.17) is 4.74 Å². The van der Waals surface area contributed by atoms with Crippen molar-refractivity contribution in [1.82, 2.24) is 0 Å². The lowest BCUT2D eigenvalue weighted by molar-refractivity contribution is -0.0226. The molecule has 5 atom stereocenters. The molecule has 3 heteroatoms. The smallest absolute Gasteiger partial charge is 0.343 e. The fourth-order valence-corrected chi connectivity index (χ4v) is 6.33. The van der Waals surface area contributed by atoms with Crippen LogP contribution >= 0.6 is 0 Å². The summed E-state index contributed by atoms with van der Waals surface area (Å²) in [5.74, 6) is 2.25. The van der Waals surface area contributed by atoms with E-state index in [1.165, 1.54) is 24.0 Å². The lowest BCUT2D eigenvalue weighted by Crippen LogP contribution is -2.43. The molecule has 1 N–H and O–H groups in total. The molecule has 28 heavy (non-hydrogen) atoms. The SMILES string of the molecule is C[C@]12CC[C@H]3c4ccc(OC(=O)c5ccccc5)cc4CC[C@H]3[C@@H]1CC[C@@H]2O. The summed E-state index contributed by atoms with van der Waals surface area (Å²) in [6.45, 7) is 2.31. The standard InChI is InChI=1S/C25H28O3/c1-25-14-13-20-19-10-8-18(28-24(27)16-5-3-2-4-6-16)15-17(19)7-9-21(20)22(25)11-12-23(25)26/h2-6,8,10,15,20-23,26H,7,9,11-14H2,1H3/t20-,21+,22-,23-,25-/m0/s1. The number of hydrogen-bond acceptors (Lipinski definition) is 3. The van der Waals surface area contributed by atoms with Gasteiger partial charge in [0.1, 0.15) is 5.75 Å². The molecular formula is C25H28O3. The van der Waals surface area contributed by atoms with Crippen LogP contribution in [0.4, 0.5) is 0 Å². The number of aryl methyl sites for hydroxylation is 1. The normalized spacial score (nSPS) is 33.5. The van der Waals surface area contributed by atoms with Crippen molar-refractivity contribution in [2.45, 2.75) is 57.5 Å². The molecule has 146 valence electrons. The van der Waals surface area contributed by atoms with Gasteiger partial charge in [-0.15, -0.1) is 0 Å². The molecule has 0 aromatic heterocycles. The summed E-state index contributed by atoms with van der Waals surface area (Å²) in [5, 5.41) is 10.5. The zero-order chi connectivity index (χ0) is 19.3. The van der Waals surface area contributed by atoms with Gasteiger partial charge in [0, 0.05) is 0 Å². The minimum absolute atomic E-state index is 0.115. The third-order valence-electron chi connectivity index (χ3n) is 7.87. The van der Waals surface area contributed by atoms with Gasteiger partial charge in [-0.1, -0.05) is 31.2 Å². The van der Waals surface area contributed by atoms with E-state index in [0.717, 1.165) is 25.7 Å². The Morgan fingerprint density at radius 1 is 1.07 bits per heavy atom. The second-order valence-electron chi connectivity index (χ2n) is 9.17. The van der Waals surface area contributed by atoms with E-state index in [2.05, 4.69) is 19.1 Å². The van der Waals surface area contributed by atoms with E-state index in [1.54, 1.807) is 12.1 Å². The highest BCUT2D eigenvalue weighted by Crippen LogP contribution is 2.60. The van der Waals surface area contributed by atoms with E-state index in [1.807, 2.05) is 24.3 Å². The molecule has 5 rings (SSSR count). The lowest BCUT2D eigenvalue weighted by Gasteiger charge is -2.50. The van der Waals surface area contributed by atoms with E-state index in [-0.39, 0.29) is 17.5 Å². The van der Waals surface area contributed by atoms with Crippen molar-refractivity contribution in [3.05, 3.63) is 65.2 Å². The first-order chi connectivity index (χ1) is 13.6. The Bertz CT molecular complexity index is 890. The van der Waals surface area contributed by atoms with Crippen LogP contribution < -0.4 is 4.74 Å². The van der Waals surface area contributed by atoms with Gasteiger partial charge in [0.2, 0.25) is 0 Å². The van der Waals surface area contributed by atoms with Gasteiger partial charge in [-0.3, -0.25) is 0 Å². The predicted molar refractivity (Wildman–Crippen MR) is 108 cm³/mol. The third kappa shape index (κ3) is 2.79. The Kier molecular flexibility index (Phi) is 4.31. The molecule has 0 unspecified atom stereocenters. The number of esters is 1. The van der Waals surface area contributed by atoms with Crippen LogP contribution in [0.3, 0.4) is 0 Å². The average Bonchev–Trinajstić information content (AvgIpc) is 3.03. The summed E-state index contributed by atoms with van der Waals surface area (Å²) in [6.07, 6.45) is 6.50. The van der Waals surface area contributed by atoms with Crippen LogP contribution in [-0.2, 0) is 6.42 Å². The fraction of sp³-hybridized carbons (Fsp3) is 0.480. The first-order valence-electron chi connectivity index (χ1n) is 10.6. The number of fused-ring (bicyclic) bond motifs is 5. The van der Waals surface area contributed by atoms with Crippen LogP contribution in [0.1, 0.15) is 66.4 Å². The highest BCUT2D eigenvalue weighted by atomic mass is 16.5. The summed E-state index contributed by atoms with van der Waals surface area (Å²) >= 11 is 0. The van der Waals surface area contributed by atoms with Gasteiger partial charge in [-0.05, 0) is 97.1 Å². The van der Waals surface area contributed by atoms with Crippen LogP contribution in [0.5, 0.6) is 5.75 Å². The zero-order valence-corrected chi connectivity index (χ0v) is 16.4. The fourth-order valence-electron chi connectivity index (χ4n) is 6.33. The Morgan fingerprint density at radius 2 is 1.89 bits per heavy atom. The molecule has 3 aliphatic rings. The van der Waals surface area contributed by atoms with Gasteiger partial charge in [-0.2, -0.15) is 0 Å². The number of carbonyl (C=O) groups is 1. The van der Waals surface area contributed by atoms with E-state index in [9.17, 15) is 9.90 Å². The summed E-state index contributed by atoms with van der Waals surface area (Å²) in [4.78, 5) is 12.4. The highest BCUT2D eigenvalue weighted by molar-refractivity contribution is 5.91. The molecule has 2 saturated carbocycles. The van der Waals surface area contributed by atoms with Crippen LogP contribution in [0.25, 0.3) is 0 Å². The van der Waals surface area contributed by atoms with Gasteiger partial charge in [0.15, 0.2) is 0 Å². The number of hydrogen-bond donors (Lipinski definition) is 1. The molecule has 0 spiro atoms. The molecule has 0 heterocycles. The van der Waals surface area contributed by atoms with Crippen LogP contribution in [-0.4, -0.2) is 17.2 Å². The Hall–Kier alpha value is -2.13. The van der Waals surface area contributed by atoms with E-state index in [0.29, 0.717) is 29.1 Å². The maximum absolute atomic E-state index is 12.4. The first-order valence-corrected chi connectivity index (χ1v) is 10.6. The molecule has 2 aromatic rings. The minimum atomic E-state index is -0.303. The van der Waals surface area contributed by atoms with Gasteiger partial charge in [0.05, 0.1) is 11.7 Å². The number of benzene rings is 2. The van der Waals surface area contributed by atoms with Crippen molar-refractivity contribution in [2.24, 2.45) is 17.3 Å². The second kappa shape index (κ2) is 6.73. The quantitative estimate of drug-likeness (QED) is 0.584. The maximum Gasteiger partial charge on any atom is 0.343 e. The van der Waals surface area contributed by atoms with Crippen LogP contribution in [0, 0.1) is 17.3 Å². The van der Waals surface area contributed by atoms with Gasteiger partial charge in [0.25, 0.3) is 0 Å². The number of ether oxygens (including phenoxy) is 1. The van der Waals surface area contributed by atoms with Crippen molar-refractivity contribution >= 4 is 5.97 Å². The molecular weight excluding hydrogens is 348 g/mol. The monoisotopic (exact) mass is 376 g/mol. The largest absolute Gasteiger partial charge is 0.423 e. The van der Waals surface area contributed by atoms with Gasteiger partial charge >= 0.3 is 5.97 Å². The zero-order valence-electron chi connectivity index (χ0n) is 16.4. The topological polar surface area (TPSA) is 46.5 Å².